The summed E-state index contributed by atoms with van der Waals surface area (Å²) in [5.41, 5.74) is 0.102. The lowest BCUT2D eigenvalue weighted by Gasteiger charge is -2.27. The molecule has 2 heterocycles. The molecule has 25 heavy (non-hydrogen) atoms. The van der Waals surface area contributed by atoms with Crippen molar-refractivity contribution in [1.82, 2.24) is 4.90 Å². The number of ether oxygens (including phenoxy) is 1. The van der Waals surface area contributed by atoms with Gasteiger partial charge in [0, 0.05) is 13.1 Å². The fraction of sp³-hybridized carbons (Fsp3) is 0.533. The second-order valence-electron chi connectivity index (χ2n) is 6.12. The van der Waals surface area contributed by atoms with Crippen LogP contribution in [0.4, 0.5) is 0 Å². The number of nitrogens with zero attached hydrogens (tertiary/aromatic N) is 1. The highest BCUT2D eigenvalue weighted by Crippen LogP contribution is 2.28. The number of hydrogen-bond donors (Lipinski definition) is 0. The van der Waals surface area contributed by atoms with Crippen molar-refractivity contribution in [1.29, 1.82) is 0 Å². The minimum Gasteiger partial charge on any atom is -0.378 e. The van der Waals surface area contributed by atoms with Crippen molar-refractivity contribution in [2.24, 2.45) is 0 Å². The third-order valence-electron chi connectivity index (χ3n) is 4.42. The number of amides is 1. The van der Waals surface area contributed by atoms with E-state index < -0.39 is 24.9 Å². The quantitative estimate of drug-likeness (QED) is 0.734. The van der Waals surface area contributed by atoms with Gasteiger partial charge < -0.3 is 9.64 Å². The highest BCUT2D eigenvalue weighted by atomic mass is 35.5. The van der Waals surface area contributed by atoms with Gasteiger partial charge in [-0.25, -0.2) is 16.8 Å². The minimum atomic E-state index is -3.85. The molecule has 2 aliphatic rings. The van der Waals surface area contributed by atoms with Gasteiger partial charge in [-0.3, -0.25) is 4.79 Å². The van der Waals surface area contributed by atoms with Crippen LogP contribution in [0.3, 0.4) is 0 Å². The standard InChI is InChI=1S/C15H18ClNO6S2/c16-14-2-1-11(25(21,22)12-3-8-24(19,20)10-12)9-13(14)15(18)17-4-6-23-7-5-17/h1-2,9,12H,3-8,10H2. The van der Waals surface area contributed by atoms with Crippen LogP contribution in [0.25, 0.3) is 0 Å². The predicted octanol–water partition coefficient (Wildman–Crippen LogP) is 0.773. The first-order valence-corrected chi connectivity index (χ1v) is 11.6. The van der Waals surface area contributed by atoms with E-state index in [1.807, 2.05) is 0 Å². The van der Waals surface area contributed by atoms with Gasteiger partial charge in [-0.2, -0.15) is 0 Å². The zero-order valence-electron chi connectivity index (χ0n) is 13.4. The Kier molecular flexibility index (Phi) is 5.11. The van der Waals surface area contributed by atoms with E-state index in [0.717, 1.165) is 0 Å². The molecule has 0 saturated carbocycles. The van der Waals surface area contributed by atoms with Crippen molar-refractivity contribution >= 4 is 37.2 Å². The number of morpholine rings is 1. The second-order valence-corrected chi connectivity index (χ2v) is 11.0. The number of carbonyl (C=O) groups is 1. The van der Waals surface area contributed by atoms with Crippen molar-refractivity contribution in [3.63, 3.8) is 0 Å². The van der Waals surface area contributed by atoms with Gasteiger partial charge in [-0.1, -0.05) is 11.6 Å². The molecule has 2 saturated heterocycles. The van der Waals surface area contributed by atoms with Gasteiger partial charge in [0.25, 0.3) is 5.91 Å². The van der Waals surface area contributed by atoms with Crippen LogP contribution in [-0.4, -0.2) is 70.7 Å². The van der Waals surface area contributed by atoms with Crippen molar-refractivity contribution < 1.29 is 26.4 Å². The number of rotatable bonds is 3. The first-order chi connectivity index (χ1) is 11.7. The molecule has 0 spiro atoms. The SMILES string of the molecule is O=C(c1cc(S(=O)(=O)C2CCS(=O)(=O)C2)ccc1Cl)N1CCOCC1. The second kappa shape index (κ2) is 6.86. The Labute approximate surface area is 151 Å². The van der Waals surface area contributed by atoms with Crippen LogP contribution in [0.1, 0.15) is 16.8 Å². The molecule has 1 amide bonds. The van der Waals surface area contributed by atoms with Gasteiger partial charge in [0.05, 0.1) is 45.5 Å². The Morgan fingerprint density at radius 3 is 2.52 bits per heavy atom. The summed E-state index contributed by atoms with van der Waals surface area (Å²) in [4.78, 5) is 14.1. The average Bonchev–Trinajstić information content (AvgIpc) is 2.96. The molecule has 7 nitrogen and oxygen atoms in total. The molecule has 3 rings (SSSR count). The lowest BCUT2D eigenvalue weighted by Crippen LogP contribution is -2.40. The van der Waals surface area contributed by atoms with Gasteiger partial charge >= 0.3 is 0 Å². The maximum absolute atomic E-state index is 12.7. The van der Waals surface area contributed by atoms with Crippen LogP contribution < -0.4 is 0 Å². The Hall–Kier alpha value is -1.16. The van der Waals surface area contributed by atoms with E-state index in [1.54, 1.807) is 4.90 Å². The van der Waals surface area contributed by atoms with E-state index in [1.165, 1.54) is 18.2 Å². The number of sulfone groups is 2. The van der Waals surface area contributed by atoms with Crippen LogP contribution >= 0.6 is 11.6 Å². The maximum atomic E-state index is 12.7. The van der Waals surface area contributed by atoms with Gasteiger partial charge in [0.1, 0.15) is 0 Å². The number of benzene rings is 1. The summed E-state index contributed by atoms with van der Waals surface area (Å²) in [5.74, 6) is -0.876. The Bertz CT molecular complexity index is 891. The van der Waals surface area contributed by atoms with E-state index in [2.05, 4.69) is 0 Å². The van der Waals surface area contributed by atoms with Crippen molar-refractivity contribution in [3.8, 4) is 0 Å². The molecular formula is C15H18ClNO6S2. The monoisotopic (exact) mass is 407 g/mol. The highest BCUT2D eigenvalue weighted by Gasteiger charge is 2.38. The van der Waals surface area contributed by atoms with E-state index >= 15 is 0 Å². The molecule has 138 valence electrons. The average molecular weight is 408 g/mol. The highest BCUT2D eigenvalue weighted by molar-refractivity contribution is 7.96. The summed E-state index contributed by atoms with van der Waals surface area (Å²) < 4.78 is 53.9. The summed E-state index contributed by atoms with van der Waals surface area (Å²) >= 11 is 6.10. The molecule has 0 aromatic heterocycles. The fourth-order valence-corrected chi connectivity index (χ4v) is 7.56. The van der Waals surface area contributed by atoms with Gasteiger partial charge in [-0.05, 0) is 24.6 Å². The van der Waals surface area contributed by atoms with Crippen LogP contribution in [0.15, 0.2) is 23.1 Å². The molecular weight excluding hydrogens is 390 g/mol. The van der Waals surface area contributed by atoms with E-state index in [4.69, 9.17) is 16.3 Å². The molecule has 2 aliphatic heterocycles. The summed E-state index contributed by atoms with van der Waals surface area (Å²) in [6.07, 6.45) is 0.0695. The fourth-order valence-electron chi connectivity index (χ4n) is 2.98. The molecule has 1 aromatic rings. The Balaban J connectivity index is 1.92. The molecule has 0 N–H and O–H groups in total. The van der Waals surface area contributed by atoms with Gasteiger partial charge in [-0.15, -0.1) is 0 Å². The first-order valence-electron chi connectivity index (χ1n) is 7.81. The van der Waals surface area contributed by atoms with E-state index in [0.29, 0.717) is 26.3 Å². The predicted molar refractivity (Wildman–Crippen MR) is 92.4 cm³/mol. The molecule has 1 atom stereocenters. The normalized spacial score (nSPS) is 23.6. The zero-order chi connectivity index (χ0) is 18.2. The molecule has 2 fully saturated rings. The van der Waals surface area contributed by atoms with Crippen LogP contribution in [-0.2, 0) is 24.4 Å². The lowest BCUT2D eigenvalue weighted by molar-refractivity contribution is 0.0303. The molecule has 1 aromatic carbocycles. The summed E-state index contributed by atoms with van der Waals surface area (Å²) in [6.45, 7) is 1.66. The summed E-state index contributed by atoms with van der Waals surface area (Å²) in [7, 11) is -7.18. The topological polar surface area (TPSA) is 97.8 Å². The summed E-state index contributed by atoms with van der Waals surface area (Å²) in [6, 6.07) is 3.94. The first kappa shape index (κ1) is 18.6. The smallest absolute Gasteiger partial charge is 0.255 e. The third kappa shape index (κ3) is 3.84. The van der Waals surface area contributed by atoms with Crippen molar-refractivity contribution in [2.45, 2.75) is 16.6 Å². The van der Waals surface area contributed by atoms with Crippen LogP contribution in [0.2, 0.25) is 5.02 Å². The number of hydrogen-bond acceptors (Lipinski definition) is 6. The molecule has 0 bridgehead atoms. The van der Waals surface area contributed by atoms with Crippen LogP contribution in [0.5, 0.6) is 0 Å². The van der Waals surface area contributed by atoms with Crippen LogP contribution in [0, 0.1) is 0 Å². The molecule has 0 aliphatic carbocycles. The minimum absolute atomic E-state index is 0.0695. The zero-order valence-corrected chi connectivity index (χ0v) is 15.7. The maximum Gasteiger partial charge on any atom is 0.255 e. The van der Waals surface area contributed by atoms with E-state index in [-0.39, 0.29) is 39.3 Å². The van der Waals surface area contributed by atoms with Crippen molar-refractivity contribution in [3.05, 3.63) is 28.8 Å². The summed E-state index contributed by atoms with van der Waals surface area (Å²) in [5, 5.41) is -0.820. The largest absolute Gasteiger partial charge is 0.378 e. The Morgan fingerprint density at radius 1 is 1.24 bits per heavy atom. The molecule has 0 radical (unpaired) electrons. The number of halogens is 1. The molecule has 1 unspecified atom stereocenters. The van der Waals surface area contributed by atoms with Gasteiger partial charge in [0.2, 0.25) is 0 Å². The third-order valence-corrected chi connectivity index (χ3v) is 8.92. The lowest BCUT2D eigenvalue weighted by atomic mass is 10.2. The van der Waals surface area contributed by atoms with E-state index in [9.17, 15) is 21.6 Å². The number of carbonyl (C=O) groups excluding carboxylic acids is 1. The molecule has 10 heteroatoms. The van der Waals surface area contributed by atoms with Crippen molar-refractivity contribution in [2.75, 3.05) is 37.8 Å². The Morgan fingerprint density at radius 2 is 1.92 bits per heavy atom. The van der Waals surface area contributed by atoms with Gasteiger partial charge in [0.15, 0.2) is 19.7 Å².